The number of aryl methyl sites for hydroxylation is 1. The molecule has 0 bridgehead atoms. The summed E-state index contributed by atoms with van der Waals surface area (Å²) in [5.74, 6) is 7.47. The summed E-state index contributed by atoms with van der Waals surface area (Å²) < 4.78 is 5.18. The molecule has 12 rings (SSSR count). The number of hydrogen-bond donors (Lipinski definition) is 0. The van der Waals surface area contributed by atoms with Crippen LogP contribution in [-0.4, -0.2) is 19.1 Å². The van der Waals surface area contributed by atoms with Gasteiger partial charge in [-0.15, -0.1) is 0 Å². The molecule has 3 aliphatic rings. The average molecular weight is 807 g/mol. The molecule has 9 aromatic rings. The molecule has 0 fully saturated rings. The smallest absolute Gasteiger partial charge is 0.160 e. The third kappa shape index (κ3) is 6.32. The zero-order valence-corrected chi connectivity index (χ0v) is 34.7. The van der Waals surface area contributed by atoms with E-state index in [1.165, 1.54) is 78.0 Å². The van der Waals surface area contributed by atoms with E-state index in [4.69, 9.17) is 9.97 Å². The number of benzene rings is 6. The number of allylic oxidation sites excluding steroid dienone is 8. The second-order valence-corrected chi connectivity index (χ2v) is 16.6. The van der Waals surface area contributed by atoms with Crippen molar-refractivity contribution < 1.29 is 0 Å². The number of hydrogen-bond acceptors (Lipinski definition) is 2. The summed E-state index contributed by atoms with van der Waals surface area (Å²) in [4.78, 5) is 10.6. The normalized spacial score (nSPS) is 15.6. The largest absolute Gasteiger partial charge is 0.315 e. The number of para-hydroxylation sites is 3. The first-order chi connectivity index (χ1) is 31.3. The van der Waals surface area contributed by atoms with Gasteiger partial charge in [0.1, 0.15) is 0 Å². The van der Waals surface area contributed by atoms with Crippen molar-refractivity contribution in [2.75, 3.05) is 0 Å². The molecule has 0 spiro atoms. The van der Waals surface area contributed by atoms with Gasteiger partial charge in [0.15, 0.2) is 5.82 Å². The molecule has 0 amide bonds. The third-order valence-corrected chi connectivity index (χ3v) is 13.0. The summed E-state index contributed by atoms with van der Waals surface area (Å²) in [7, 11) is 0. The van der Waals surface area contributed by atoms with E-state index in [0.717, 1.165) is 47.6 Å². The van der Waals surface area contributed by atoms with Gasteiger partial charge in [0.25, 0.3) is 0 Å². The van der Waals surface area contributed by atoms with Crippen LogP contribution < -0.4 is 0 Å². The van der Waals surface area contributed by atoms with Gasteiger partial charge in [0.05, 0.1) is 28.1 Å². The minimum absolute atomic E-state index is 0.00103. The van der Waals surface area contributed by atoms with E-state index in [1.807, 2.05) is 12.1 Å². The Morgan fingerprint density at radius 2 is 1.21 bits per heavy atom. The van der Waals surface area contributed by atoms with Crippen LogP contribution in [0.1, 0.15) is 41.3 Å². The third-order valence-electron chi connectivity index (χ3n) is 13.0. The molecular weight excluding hydrogens is 765 g/mol. The standard InChI is InChI=1S/C59H42N4/c1-2-8-22-40(21-7-1)49-37-44(52-39-51(42-25-11-4-12-26-42)60-59(61-52)43-27-13-5-14-28-43)38-50(41-23-9-3-10-24-41)57(49)63-54-34-20-18-32-48(54)56-55(63)36-35-47-46-31-17-19-33-53(46)62(58(47)56)45-29-15-6-16-30-45/h1,3-7,9-21,23-34,37,39,50H,22,35-36,38H2. The molecule has 1 unspecified atom stereocenters. The molecule has 0 aliphatic heterocycles. The first kappa shape index (κ1) is 36.8. The predicted octanol–water partition coefficient (Wildman–Crippen LogP) is 13.8. The number of rotatable bonds is 7. The van der Waals surface area contributed by atoms with Crippen molar-refractivity contribution in [2.24, 2.45) is 0 Å². The highest BCUT2D eigenvalue weighted by atomic mass is 15.1. The molecule has 0 N–H and O–H groups in total. The first-order valence-electron chi connectivity index (χ1n) is 21.9. The van der Waals surface area contributed by atoms with Gasteiger partial charge in [0, 0.05) is 56.9 Å². The Bertz CT molecular complexity index is 3370. The second kappa shape index (κ2) is 15.5. The zero-order valence-electron chi connectivity index (χ0n) is 34.7. The van der Waals surface area contributed by atoms with E-state index < -0.39 is 0 Å². The summed E-state index contributed by atoms with van der Waals surface area (Å²) >= 11 is 0. The highest BCUT2D eigenvalue weighted by Crippen LogP contribution is 2.52. The first-order valence-corrected chi connectivity index (χ1v) is 21.9. The molecule has 4 nitrogen and oxygen atoms in total. The lowest BCUT2D eigenvalue weighted by atomic mass is 9.78. The van der Waals surface area contributed by atoms with Crippen molar-refractivity contribution in [3.05, 3.63) is 234 Å². The van der Waals surface area contributed by atoms with Gasteiger partial charge < -0.3 is 9.13 Å². The zero-order chi connectivity index (χ0) is 41.7. The SMILES string of the molecule is C1#CCC(C2=C(n3c4c(c5ccccc53)-c3c(c5ccccc5n3-c3ccccc3)CC4)C(c3ccccc3)CC(c3cc(-c4ccccc4)nc(-c4ccccc4)n3)=C2)=CC=C1. The van der Waals surface area contributed by atoms with Crippen molar-refractivity contribution in [1.29, 1.82) is 0 Å². The van der Waals surface area contributed by atoms with Gasteiger partial charge in [-0.05, 0) is 89.6 Å². The van der Waals surface area contributed by atoms with Crippen LogP contribution in [0.25, 0.3) is 72.7 Å². The molecular formula is C59H42N4. The van der Waals surface area contributed by atoms with Crippen molar-refractivity contribution in [2.45, 2.75) is 31.6 Å². The van der Waals surface area contributed by atoms with E-state index in [9.17, 15) is 0 Å². The maximum absolute atomic E-state index is 5.40. The highest BCUT2D eigenvalue weighted by Gasteiger charge is 2.36. The summed E-state index contributed by atoms with van der Waals surface area (Å²) in [6.45, 7) is 0. The monoisotopic (exact) mass is 806 g/mol. The average Bonchev–Trinajstić information content (AvgIpc) is 3.72. The molecule has 0 saturated heterocycles. The van der Waals surface area contributed by atoms with Crippen LogP contribution in [0.5, 0.6) is 0 Å². The number of nitrogens with zero attached hydrogens (tertiary/aromatic N) is 4. The summed E-state index contributed by atoms with van der Waals surface area (Å²) in [6.07, 6.45) is 12.0. The minimum Gasteiger partial charge on any atom is -0.315 e. The van der Waals surface area contributed by atoms with Crippen LogP contribution in [0.4, 0.5) is 0 Å². The van der Waals surface area contributed by atoms with Crippen LogP contribution in [0.2, 0.25) is 0 Å². The quantitative estimate of drug-likeness (QED) is 0.150. The number of fused-ring (bicyclic) bond motifs is 7. The Hall–Kier alpha value is -8.00. The van der Waals surface area contributed by atoms with Crippen LogP contribution in [-0.2, 0) is 12.8 Å². The lowest BCUT2D eigenvalue weighted by Crippen LogP contribution is -2.19. The van der Waals surface area contributed by atoms with Crippen molar-refractivity contribution in [3.63, 3.8) is 0 Å². The molecule has 4 heteroatoms. The van der Waals surface area contributed by atoms with Crippen LogP contribution >= 0.6 is 0 Å². The second-order valence-electron chi connectivity index (χ2n) is 16.6. The van der Waals surface area contributed by atoms with Gasteiger partial charge >= 0.3 is 0 Å². The molecule has 3 heterocycles. The van der Waals surface area contributed by atoms with Crippen LogP contribution in [0, 0.1) is 11.8 Å². The van der Waals surface area contributed by atoms with Gasteiger partial charge in [-0.2, -0.15) is 0 Å². The lowest BCUT2D eigenvalue weighted by molar-refractivity contribution is 0.786. The molecule has 6 aromatic carbocycles. The fourth-order valence-corrected chi connectivity index (χ4v) is 10.2. The van der Waals surface area contributed by atoms with Gasteiger partial charge in [0.2, 0.25) is 0 Å². The maximum atomic E-state index is 5.40. The Balaban J connectivity index is 1.17. The Morgan fingerprint density at radius 3 is 1.97 bits per heavy atom. The molecule has 63 heavy (non-hydrogen) atoms. The molecule has 298 valence electrons. The van der Waals surface area contributed by atoms with E-state index in [2.05, 4.69) is 209 Å². The van der Waals surface area contributed by atoms with E-state index in [1.54, 1.807) is 0 Å². The van der Waals surface area contributed by atoms with Gasteiger partial charge in [-0.3, -0.25) is 0 Å². The Kier molecular flexibility index (Phi) is 9.04. The van der Waals surface area contributed by atoms with E-state index in [0.29, 0.717) is 6.42 Å². The fraction of sp³-hybridized carbons (Fsp3) is 0.0847. The van der Waals surface area contributed by atoms with Crippen LogP contribution in [0.3, 0.4) is 0 Å². The summed E-state index contributed by atoms with van der Waals surface area (Å²) in [5, 5.41) is 2.60. The summed E-state index contributed by atoms with van der Waals surface area (Å²) in [5.41, 5.74) is 19.1. The minimum atomic E-state index is -0.00103. The van der Waals surface area contributed by atoms with Crippen molar-refractivity contribution in [1.82, 2.24) is 19.1 Å². The summed E-state index contributed by atoms with van der Waals surface area (Å²) in [6, 6.07) is 63.1. The van der Waals surface area contributed by atoms with Crippen molar-refractivity contribution in [3.8, 4) is 51.4 Å². The Labute approximate surface area is 367 Å². The molecule has 3 aromatic heterocycles. The number of aromatic nitrogens is 4. The molecule has 1 atom stereocenters. The highest BCUT2D eigenvalue weighted by molar-refractivity contribution is 6.06. The topological polar surface area (TPSA) is 35.6 Å². The Morgan fingerprint density at radius 1 is 0.571 bits per heavy atom. The van der Waals surface area contributed by atoms with Gasteiger partial charge in [-0.1, -0.05) is 170 Å². The maximum Gasteiger partial charge on any atom is 0.160 e. The van der Waals surface area contributed by atoms with Crippen LogP contribution in [0.15, 0.2) is 211 Å². The van der Waals surface area contributed by atoms with E-state index in [-0.39, 0.29) is 5.92 Å². The molecule has 0 saturated carbocycles. The lowest BCUT2D eigenvalue weighted by Gasteiger charge is -2.33. The van der Waals surface area contributed by atoms with E-state index >= 15 is 0 Å². The fourth-order valence-electron chi connectivity index (χ4n) is 10.2. The predicted molar refractivity (Wildman–Crippen MR) is 259 cm³/mol. The molecule has 3 aliphatic carbocycles. The van der Waals surface area contributed by atoms with Gasteiger partial charge in [-0.25, -0.2) is 9.97 Å². The molecule has 0 radical (unpaired) electrons. The van der Waals surface area contributed by atoms with Crippen molar-refractivity contribution >= 4 is 33.1 Å².